The Hall–Kier alpha value is -2.62. The van der Waals surface area contributed by atoms with Crippen LogP contribution in [0.4, 0.5) is 11.4 Å². The molecular formula is C22H28N2O2. The number of nitrogens with zero attached hydrogens (tertiary/aromatic N) is 1. The molecule has 0 atom stereocenters. The van der Waals surface area contributed by atoms with Crippen LogP contribution >= 0.6 is 0 Å². The van der Waals surface area contributed by atoms with Gasteiger partial charge in [0.1, 0.15) is 0 Å². The molecule has 0 aromatic heterocycles. The van der Waals surface area contributed by atoms with Gasteiger partial charge in [-0.3, -0.25) is 10.1 Å². The Kier molecular flexibility index (Phi) is 5.26. The van der Waals surface area contributed by atoms with Gasteiger partial charge < -0.3 is 5.73 Å². The molecule has 0 amide bonds. The van der Waals surface area contributed by atoms with Crippen LogP contribution in [0, 0.1) is 20.9 Å². The van der Waals surface area contributed by atoms with Crippen molar-refractivity contribution in [3.05, 3.63) is 69.8 Å². The summed E-state index contributed by atoms with van der Waals surface area (Å²) < 4.78 is 0. The van der Waals surface area contributed by atoms with Crippen LogP contribution in [0.3, 0.4) is 0 Å². The number of nitrogen functional groups attached to an aromatic ring is 1. The van der Waals surface area contributed by atoms with Crippen LogP contribution in [0.15, 0.2) is 48.5 Å². The maximum absolute atomic E-state index is 11.0. The van der Waals surface area contributed by atoms with Gasteiger partial charge in [0.05, 0.1) is 4.92 Å². The lowest BCUT2D eigenvalue weighted by molar-refractivity contribution is -0.384. The van der Waals surface area contributed by atoms with Crippen molar-refractivity contribution in [2.24, 2.45) is 10.8 Å². The highest BCUT2D eigenvalue weighted by Gasteiger charge is 2.30. The average molecular weight is 352 g/mol. The zero-order valence-corrected chi connectivity index (χ0v) is 16.5. The van der Waals surface area contributed by atoms with Crippen LogP contribution in [0.25, 0.3) is 11.1 Å². The summed E-state index contributed by atoms with van der Waals surface area (Å²) in [5.74, 6) is 0. The number of hydrogen-bond donors (Lipinski definition) is 1. The number of nitro benzene ring substituents is 1. The molecule has 138 valence electrons. The van der Waals surface area contributed by atoms with Crippen LogP contribution in [0.1, 0.15) is 52.7 Å². The second-order valence-corrected chi connectivity index (χ2v) is 8.68. The summed E-state index contributed by atoms with van der Waals surface area (Å²) in [6, 6.07) is 14.8. The number of hydrogen-bond acceptors (Lipinski definition) is 3. The molecule has 0 radical (unpaired) electrons. The molecule has 2 rings (SSSR count). The SMILES string of the molecule is CC(C)(C)/C(=C(\c1ccc([N+](=O)[O-])cc1)C(C)(C)C)c1ccc(N)cc1. The highest BCUT2D eigenvalue weighted by molar-refractivity contribution is 5.95. The molecule has 0 aliphatic heterocycles. The van der Waals surface area contributed by atoms with Crippen molar-refractivity contribution in [2.45, 2.75) is 41.5 Å². The van der Waals surface area contributed by atoms with Crippen molar-refractivity contribution in [2.75, 3.05) is 5.73 Å². The molecule has 0 fully saturated rings. The predicted octanol–water partition coefficient (Wildman–Crippen LogP) is 6.18. The van der Waals surface area contributed by atoms with Crippen LogP contribution in [0.5, 0.6) is 0 Å². The molecule has 0 aliphatic carbocycles. The van der Waals surface area contributed by atoms with E-state index in [2.05, 4.69) is 41.5 Å². The molecule has 0 saturated heterocycles. The number of allylic oxidation sites excluding steroid dienone is 2. The van der Waals surface area contributed by atoms with Gasteiger partial charge in [-0.05, 0) is 57.4 Å². The van der Waals surface area contributed by atoms with Gasteiger partial charge >= 0.3 is 0 Å². The van der Waals surface area contributed by atoms with Gasteiger partial charge in [0.15, 0.2) is 0 Å². The first-order valence-electron chi connectivity index (χ1n) is 8.77. The maximum Gasteiger partial charge on any atom is 0.269 e. The summed E-state index contributed by atoms with van der Waals surface area (Å²) in [5, 5.41) is 11.0. The van der Waals surface area contributed by atoms with Crippen molar-refractivity contribution in [3.8, 4) is 0 Å². The standard InChI is InChI=1S/C22H28N2O2/c1-21(2,3)19(15-7-11-17(23)12-8-15)20(22(4,5)6)16-9-13-18(14-10-16)24(25)26/h7-14H,23H2,1-6H3/b20-19+. The molecule has 0 unspecified atom stereocenters. The van der Waals surface area contributed by atoms with Gasteiger partial charge in [-0.2, -0.15) is 0 Å². The van der Waals surface area contributed by atoms with Crippen molar-refractivity contribution in [3.63, 3.8) is 0 Å². The summed E-state index contributed by atoms with van der Waals surface area (Å²) in [6.45, 7) is 13.1. The van der Waals surface area contributed by atoms with E-state index in [1.54, 1.807) is 12.1 Å². The van der Waals surface area contributed by atoms with E-state index in [0.717, 1.165) is 16.8 Å². The van der Waals surface area contributed by atoms with Crippen LogP contribution in [-0.4, -0.2) is 4.92 Å². The first kappa shape index (κ1) is 19.7. The van der Waals surface area contributed by atoms with E-state index in [0.29, 0.717) is 0 Å². The molecule has 26 heavy (non-hydrogen) atoms. The molecule has 4 nitrogen and oxygen atoms in total. The van der Waals surface area contributed by atoms with Crippen LogP contribution < -0.4 is 5.73 Å². The minimum atomic E-state index is -0.366. The van der Waals surface area contributed by atoms with Crippen LogP contribution in [0.2, 0.25) is 0 Å². The van der Waals surface area contributed by atoms with E-state index in [-0.39, 0.29) is 21.4 Å². The van der Waals surface area contributed by atoms with Gasteiger partial charge in [-0.25, -0.2) is 0 Å². The summed E-state index contributed by atoms with van der Waals surface area (Å²) in [4.78, 5) is 10.6. The molecule has 0 bridgehead atoms. The van der Waals surface area contributed by atoms with Crippen molar-refractivity contribution in [1.82, 2.24) is 0 Å². The fraction of sp³-hybridized carbons (Fsp3) is 0.364. The molecule has 2 aromatic rings. The fourth-order valence-electron chi connectivity index (χ4n) is 3.30. The minimum Gasteiger partial charge on any atom is -0.399 e. The molecule has 0 spiro atoms. The van der Waals surface area contributed by atoms with Gasteiger partial charge in [-0.1, -0.05) is 53.7 Å². The number of anilines is 1. The van der Waals surface area contributed by atoms with E-state index < -0.39 is 0 Å². The maximum atomic E-state index is 11.0. The number of non-ortho nitro benzene ring substituents is 1. The highest BCUT2D eigenvalue weighted by Crippen LogP contribution is 2.47. The largest absolute Gasteiger partial charge is 0.399 e. The molecule has 2 aromatic carbocycles. The third kappa shape index (κ3) is 4.31. The predicted molar refractivity (Wildman–Crippen MR) is 110 cm³/mol. The van der Waals surface area contributed by atoms with E-state index in [1.165, 1.54) is 11.1 Å². The number of rotatable bonds is 3. The Labute approximate surface area is 155 Å². The number of benzene rings is 2. The van der Waals surface area contributed by atoms with E-state index in [9.17, 15) is 10.1 Å². The zero-order chi connectivity index (χ0) is 19.7. The highest BCUT2D eigenvalue weighted by atomic mass is 16.6. The third-order valence-electron chi connectivity index (χ3n) is 4.32. The first-order valence-corrected chi connectivity index (χ1v) is 8.77. The van der Waals surface area contributed by atoms with Crippen molar-refractivity contribution < 1.29 is 4.92 Å². The Morgan fingerprint density at radius 3 is 1.42 bits per heavy atom. The zero-order valence-electron chi connectivity index (χ0n) is 16.5. The van der Waals surface area contributed by atoms with E-state index in [4.69, 9.17) is 5.73 Å². The topological polar surface area (TPSA) is 69.2 Å². The Balaban J connectivity index is 2.81. The molecule has 4 heteroatoms. The fourth-order valence-corrected chi connectivity index (χ4v) is 3.30. The summed E-state index contributed by atoms with van der Waals surface area (Å²) in [5.41, 5.74) is 11.0. The quantitative estimate of drug-likeness (QED) is 0.310. The molecule has 0 aliphatic rings. The van der Waals surface area contributed by atoms with Crippen molar-refractivity contribution in [1.29, 1.82) is 0 Å². The van der Waals surface area contributed by atoms with E-state index in [1.807, 2.05) is 36.4 Å². The lowest BCUT2D eigenvalue weighted by Crippen LogP contribution is -2.18. The normalized spacial score (nSPS) is 13.3. The lowest BCUT2D eigenvalue weighted by Gasteiger charge is -2.34. The second kappa shape index (κ2) is 6.94. The smallest absolute Gasteiger partial charge is 0.269 e. The third-order valence-corrected chi connectivity index (χ3v) is 4.32. The van der Waals surface area contributed by atoms with Gasteiger partial charge in [0.2, 0.25) is 0 Å². The summed E-state index contributed by atoms with van der Waals surface area (Å²) >= 11 is 0. The minimum absolute atomic E-state index is 0.104. The average Bonchev–Trinajstić information content (AvgIpc) is 2.51. The Morgan fingerprint density at radius 1 is 0.769 bits per heavy atom. The number of nitro groups is 1. The Bertz CT molecular complexity index is 818. The molecule has 2 N–H and O–H groups in total. The lowest BCUT2D eigenvalue weighted by atomic mass is 9.70. The summed E-state index contributed by atoms with van der Waals surface area (Å²) in [6.07, 6.45) is 0. The van der Waals surface area contributed by atoms with Crippen LogP contribution in [-0.2, 0) is 0 Å². The molecule has 0 heterocycles. The monoisotopic (exact) mass is 352 g/mol. The van der Waals surface area contributed by atoms with Gasteiger partial charge in [0.25, 0.3) is 5.69 Å². The van der Waals surface area contributed by atoms with Crippen molar-refractivity contribution >= 4 is 22.5 Å². The second-order valence-electron chi connectivity index (χ2n) is 8.68. The molecule has 0 saturated carbocycles. The van der Waals surface area contributed by atoms with Gasteiger partial charge in [-0.15, -0.1) is 0 Å². The van der Waals surface area contributed by atoms with E-state index >= 15 is 0 Å². The number of nitrogens with two attached hydrogens (primary N) is 1. The Morgan fingerprint density at radius 2 is 1.12 bits per heavy atom. The summed E-state index contributed by atoms with van der Waals surface area (Å²) in [7, 11) is 0. The molecular weight excluding hydrogens is 324 g/mol. The van der Waals surface area contributed by atoms with Gasteiger partial charge in [0, 0.05) is 17.8 Å². The first-order chi connectivity index (χ1) is 11.9.